The lowest BCUT2D eigenvalue weighted by Gasteiger charge is -2.10. The molecule has 0 spiro atoms. The van der Waals surface area contributed by atoms with Crippen molar-refractivity contribution in [2.24, 2.45) is 5.92 Å². The summed E-state index contributed by atoms with van der Waals surface area (Å²) in [5.41, 5.74) is 0. The minimum absolute atomic E-state index is 0.216. The average Bonchev–Trinajstić information content (AvgIpc) is 2.76. The van der Waals surface area contributed by atoms with Gasteiger partial charge in [-0.15, -0.1) is 0 Å². The average molecular weight is 168 g/mol. The van der Waals surface area contributed by atoms with Crippen LogP contribution in [0.2, 0.25) is 0 Å². The van der Waals surface area contributed by atoms with Gasteiger partial charge in [-0.1, -0.05) is 0 Å². The van der Waals surface area contributed by atoms with Crippen molar-refractivity contribution in [1.29, 1.82) is 0 Å². The number of hydrogen-bond donors (Lipinski definition) is 2. The van der Waals surface area contributed by atoms with Gasteiger partial charge in [0.05, 0.1) is 0 Å². The van der Waals surface area contributed by atoms with Crippen LogP contribution in [0.3, 0.4) is 0 Å². The van der Waals surface area contributed by atoms with E-state index in [0.717, 1.165) is 31.8 Å². The Morgan fingerprint density at radius 2 is 2.17 bits per heavy atom. The lowest BCUT2D eigenvalue weighted by Crippen LogP contribution is -2.36. The molecule has 0 unspecified atom stereocenters. The Hall–Kier alpha value is -0.570. The zero-order chi connectivity index (χ0) is 8.39. The zero-order valence-electron chi connectivity index (χ0n) is 7.31. The van der Waals surface area contributed by atoms with Gasteiger partial charge in [0.2, 0.25) is 5.91 Å². The van der Waals surface area contributed by atoms with Crippen molar-refractivity contribution in [3.05, 3.63) is 0 Å². The molecule has 3 heteroatoms. The van der Waals surface area contributed by atoms with Crippen molar-refractivity contribution in [1.82, 2.24) is 10.6 Å². The molecular formula is C9H16N2O. The highest BCUT2D eigenvalue weighted by atomic mass is 16.1. The highest BCUT2D eigenvalue weighted by Gasteiger charge is 2.23. The molecule has 0 bridgehead atoms. The van der Waals surface area contributed by atoms with Crippen LogP contribution >= 0.6 is 0 Å². The van der Waals surface area contributed by atoms with Crippen LogP contribution in [-0.2, 0) is 4.79 Å². The molecule has 1 atom stereocenters. The summed E-state index contributed by atoms with van der Waals surface area (Å²) in [4.78, 5) is 10.8. The summed E-state index contributed by atoms with van der Waals surface area (Å²) in [6.45, 7) is 2.11. The minimum atomic E-state index is 0.216. The quantitative estimate of drug-likeness (QED) is 0.632. The first-order chi connectivity index (χ1) is 5.84. The molecule has 1 heterocycles. The van der Waals surface area contributed by atoms with E-state index in [0.29, 0.717) is 6.04 Å². The Morgan fingerprint density at radius 3 is 2.75 bits per heavy atom. The highest BCUT2D eigenvalue weighted by molar-refractivity contribution is 5.78. The van der Waals surface area contributed by atoms with Gasteiger partial charge in [0.15, 0.2) is 0 Å². The summed E-state index contributed by atoms with van der Waals surface area (Å²) in [5, 5.41) is 6.34. The topological polar surface area (TPSA) is 41.1 Å². The monoisotopic (exact) mass is 168 g/mol. The smallest absolute Gasteiger partial charge is 0.220 e. The van der Waals surface area contributed by atoms with E-state index in [4.69, 9.17) is 0 Å². The lowest BCUT2D eigenvalue weighted by atomic mass is 10.2. The molecule has 1 aliphatic carbocycles. The van der Waals surface area contributed by atoms with E-state index in [2.05, 4.69) is 10.6 Å². The molecule has 0 radical (unpaired) electrons. The Morgan fingerprint density at radius 1 is 1.33 bits per heavy atom. The molecule has 0 aromatic carbocycles. The second-order valence-corrected chi connectivity index (χ2v) is 3.90. The number of hydrogen-bond acceptors (Lipinski definition) is 2. The molecule has 2 N–H and O–H groups in total. The molecule has 68 valence electrons. The van der Waals surface area contributed by atoms with E-state index in [9.17, 15) is 4.79 Å². The first-order valence-electron chi connectivity index (χ1n) is 4.84. The van der Waals surface area contributed by atoms with E-state index >= 15 is 0 Å². The van der Waals surface area contributed by atoms with Crippen molar-refractivity contribution in [3.8, 4) is 0 Å². The second kappa shape index (κ2) is 3.44. The molecule has 1 saturated heterocycles. The van der Waals surface area contributed by atoms with Gasteiger partial charge >= 0.3 is 0 Å². The predicted molar refractivity (Wildman–Crippen MR) is 46.8 cm³/mol. The molecule has 0 aromatic heterocycles. The van der Waals surface area contributed by atoms with Crippen LogP contribution in [0, 0.1) is 5.92 Å². The zero-order valence-corrected chi connectivity index (χ0v) is 7.31. The fourth-order valence-electron chi connectivity index (χ4n) is 1.61. The SMILES string of the molecule is O=C1CC[C@@H](CNCC2CC2)N1. The fourth-order valence-corrected chi connectivity index (χ4v) is 1.61. The largest absolute Gasteiger partial charge is 0.352 e. The highest BCUT2D eigenvalue weighted by Crippen LogP contribution is 2.27. The number of carbonyl (C=O) groups is 1. The van der Waals surface area contributed by atoms with E-state index in [-0.39, 0.29) is 5.91 Å². The van der Waals surface area contributed by atoms with Gasteiger partial charge in [0, 0.05) is 19.0 Å². The molecule has 12 heavy (non-hydrogen) atoms. The van der Waals surface area contributed by atoms with Crippen LogP contribution in [0.25, 0.3) is 0 Å². The lowest BCUT2D eigenvalue weighted by molar-refractivity contribution is -0.119. The van der Waals surface area contributed by atoms with Crippen LogP contribution in [0.15, 0.2) is 0 Å². The van der Waals surface area contributed by atoms with Crippen LogP contribution in [0.1, 0.15) is 25.7 Å². The van der Waals surface area contributed by atoms with E-state index in [1.54, 1.807) is 0 Å². The van der Waals surface area contributed by atoms with Crippen molar-refractivity contribution < 1.29 is 4.79 Å². The van der Waals surface area contributed by atoms with Crippen molar-refractivity contribution in [3.63, 3.8) is 0 Å². The van der Waals surface area contributed by atoms with E-state index in [1.165, 1.54) is 12.8 Å². The minimum Gasteiger partial charge on any atom is -0.352 e. The predicted octanol–water partition coefficient (Wildman–Crippen LogP) is 0.265. The maximum Gasteiger partial charge on any atom is 0.220 e. The van der Waals surface area contributed by atoms with Gasteiger partial charge in [0.25, 0.3) is 0 Å². The molecule has 1 amide bonds. The first kappa shape index (κ1) is 8.05. The molecule has 3 nitrogen and oxygen atoms in total. The van der Waals surface area contributed by atoms with Crippen LogP contribution in [0.5, 0.6) is 0 Å². The second-order valence-electron chi connectivity index (χ2n) is 3.90. The molecule has 2 rings (SSSR count). The van der Waals surface area contributed by atoms with Crippen LogP contribution in [-0.4, -0.2) is 25.0 Å². The summed E-state index contributed by atoms with van der Waals surface area (Å²) >= 11 is 0. The Kier molecular flexibility index (Phi) is 2.30. The molecule has 2 aliphatic rings. The standard InChI is InChI=1S/C9H16N2O/c12-9-4-3-8(11-9)6-10-5-7-1-2-7/h7-8,10H,1-6H2,(H,11,12)/t8-/m0/s1. The van der Waals surface area contributed by atoms with Gasteiger partial charge in [-0.2, -0.15) is 0 Å². The van der Waals surface area contributed by atoms with Gasteiger partial charge in [-0.05, 0) is 31.7 Å². The van der Waals surface area contributed by atoms with Gasteiger partial charge in [0.1, 0.15) is 0 Å². The van der Waals surface area contributed by atoms with Crippen molar-refractivity contribution in [2.75, 3.05) is 13.1 Å². The number of amides is 1. The van der Waals surface area contributed by atoms with Crippen molar-refractivity contribution >= 4 is 5.91 Å². The number of nitrogens with one attached hydrogen (secondary N) is 2. The Balaban J connectivity index is 1.56. The molecule has 2 fully saturated rings. The van der Waals surface area contributed by atoms with E-state index in [1.807, 2.05) is 0 Å². The summed E-state index contributed by atoms with van der Waals surface area (Å²) in [5.74, 6) is 1.15. The summed E-state index contributed by atoms with van der Waals surface area (Å²) in [7, 11) is 0. The van der Waals surface area contributed by atoms with Crippen molar-refractivity contribution in [2.45, 2.75) is 31.7 Å². The summed E-state index contributed by atoms with van der Waals surface area (Å²) in [6.07, 6.45) is 4.51. The number of carbonyl (C=O) groups excluding carboxylic acids is 1. The molecule has 1 aliphatic heterocycles. The fraction of sp³-hybridized carbons (Fsp3) is 0.889. The van der Waals surface area contributed by atoms with Crippen LogP contribution in [0.4, 0.5) is 0 Å². The third-order valence-electron chi connectivity index (χ3n) is 2.61. The summed E-state index contributed by atoms with van der Waals surface area (Å²) < 4.78 is 0. The van der Waals surface area contributed by atoms with Gasteiger partial charge < -0.3 is 10.6 Å². The maximum absolute atomic E-state index is 10.8. The third-order valence-corrected chi connectivity index (χ3v) is 2.61. The van der Waals surface area contributed by atoms with Gasteiger partial charge in [-0.25, -0.2) is 0 Å². The third kappa shape index (κ3) is 2.21. The molecule has 0 aromatic rings. The Labute approximate surface area is 72.9 Å². The first-order valence-corrected chi connectivity index (χ1v) is 4.84. The normalized spacial score (nSPS) is 29.0. The van der Waals surface area contributed by atoms with E-state index < -0.39 is 0 Å². The van der Waals surface area contributed by atoms with Crippen LogP contribution < -0.4 is 10.6 Å². The maximum atomic E-state index is 10.8. The molecular weight excluding hydrogens is 152 g/mol. The molecule has 1 saturated carbocycles. The summed E-state index contributed by atoms with van der Waals surface area (Å²) in [6, 6.07) is 0.399. The van der Waals surface area contributed by atoms with Gasteiger partial charge in [-0.3, -0.25) is 4.79 Å². The number of rotatable bonds is 4. The Bertz CT molecular complexity index is 177.